The second-order valence-electron chi connectivity index (χ2n) is 6.27. The van der Waals surface area contributed by atoms with Crippen molar-refractivity contribution in [3.8, 4) is 0 Å². The molecule has 0 amide bonds. The molecule has 1 fully saturated rings. The standard InChI is InChI=1S/C17H28N2/c1-14(2)18-11-10-16-6-4-5-7-17(16)13-19(3)12-15-8-9-15/h4-7,14-15,18H,8-13H2,1-3H3. The smallest absolute Gasteiger partial charge is 0.0233 e. The van der Waals surface area contributed by atoms with Crippen LogP contribution in [0.2, 0.25) is 0 Å². The molecule has 0 heterocycles. The Kier molecular flexibility index (Phi) is 5.41. The lowest BCUT2D eigenvalue weighted by Gasteiger charge is -2.19. The van der Waals surface area contributed by atoms with Gasteiger partial charge in [-0.3, -0.25) is 0 Å². The van der Waals surface area contributed by atoms with Gasteiger partial charge in [0.25, 0.3) is 0 Å². The minimum Gasteiger partial charge on any atom is -0.314 e. The minimum atomic E-state index is 0.574. The van der Waals surface area contributed by atoms with Crippen LogP contribution in [0.1, 0.15) is 37.8 Å². The zero-order valence-corrected chi connectivity index (χ0v) is 12.7. The van der Waals surface area contributed by atoms with Gasteiger partial charge < -0.3 is 10.2 Å². The van der Waals surface area contributed by atoms with Crippen LogP contribution in [0.25, 0.3) is 0 Å². The predicted molar refractivity (Wildman–Crippen MR) is 82.3 cm³/mol. The molecule has 0 radical (unpaired) electrons. The van der Waals surface area contributed by atoms with E-state index in [4.69, 9.17) is 0 Å². The molecule has 106 valence electrons. The third-order valence-corrected chi connectivity index (χ3v) is 3.77. The van der Waals surface area contributed by atoms with E-state index < -0.39 is 0 Å². The van der Waals surface area contributed by atoms with E-state index in [1.165, 1.54) is 30.5 Å². The molecule has 0 spiro atoms. The lowest BCUT2D eigenvalue weighted by molar-refractivity contribution is 0.312. The molecule has 0 atom stereocenters. The summed E-state index contributed by atoms with van der Waals surface area (Å²) in [5.41, 5.74) is 2.99. The number of nitrogens with zero attached hydrogens (tertiary/aromatic N) is 1. The maximum absolute atomic E-state index is 3.50. The second kappa shape index (κ2) is 7.06. The molecule has 1 aromatic rings. The molecule has 0 unspecified atom stereocenters. The largest absolute Gasteiger partial charge is 0.314 e. The first-order valence-corrected chi connectivity index (χ1v) is 7.64. The molecule has 0 aliphatic heterocycles. The molecule has 19 heavy (non-hydrogen) atoms. The summed E-state index contributed by atoms with van der Waals surface area (Å²) in [4.78, 5) is 2.48. The fourth-order valence-corrected chi connectivity index (χ4v) is 2.55. The highest BCUT2D eigenvalue weighted by Crippen LogP contribution is 2.29. The summed E-state index contributed by atoms with van der Waals surface area (Å²) >= 11 is 0. The van der Waals surface area contributed by atoms with Gasteiger partial charge in [0.05, 0.1) is 0 Å². The van der Waals surface area contributed by atoms with Gasteiger partial charge in [0.2, 0.25) is 0 Å². The van der Waals surface area contributed by atoms with Crippen LogP contribution in [0.15, 0.2) is 24.3 Å². The first-order valence-electron chi connectivity index (χ1n) is 7.64. The Hall–Kier alpha value is -0.860. The average molecular weight is 260 g/mol. The van der Waals surface area contributed by atoms with Crippen molar-refractivity contribution in [1.82, 2.24) is 10.2 Å². The van der Waals surface area contributed by atoms with Gasteiger partial charge in [-0.25, -0.2) is 0 Å². The van der Waals surface area contributed by atoms with Gasteiger partial charge in [-0.05, 0) is 49.9 Å². The lowest BCUT2D eigenvalue weighted by atomic mass is 10.0. The van der Waals surface area contributed by atoms with Crippen molar-refractivity contribution in [2.75, 3.05) is 20.1 Å². The van der Waals surface area contributed by atoms with E-state index >= 15 is 0 Å². The average Bonchev–Trinajstić information content (AvgIpc) is 3.14. The van der Waals surface area contributed by atoms with Crippen LogP contribution in [0.4, 0.5) is 0 Å². The van der Waals surface area contributed by atoms with Crippen LogP contribution in [0.3, 0.4) is 0 Å². The summed E-state index contributed by atoms with van der Waals surface area (Å²) in [6.07, 6.45) is 4.00. The molecule has 0 saturated heterocycles. The Labute approximate surface area is 118 Å². The third kappa shape index (κ3) is 5.33. The summed E-state index contributed by atoms with van der Waals surface area (Å²) in [6, 6.07) is 9.47. The highest BCUT2D eigenvalue weighted by atomic mass is 15.1. The van der Waals surface area contributed by atoms with Crippen LogP contribution in [-0.2, 0) is 13.0 Å². The van der Waals surface area contributed by atoms with E-state index in [9.17, 15) is 0 Å². The molecule has 2 rings (SSSR count). The molecule has 1 saturated carbocycles. The summed E-state index contributed by atoms with van der Waals surface area (Å²) < 4.78 is 0. The van der Waals surface area contributed by atoms with Crippen molar-refractivity contribution in [1.29, 1.82) is 0 Å². The molecule has 1 N–H and O–H groups in total. The summed E-state index contributed by atoms with van der Waals surface area (Å²) in [6.45, 7) is 7.83. The molecule has 0 bridgehead atoms. The Bertz CT molecular complexity index is 383. The zero-order chi connectivity index (χ0) is 13.7. The predicted octanol–water partition coefficient (Wildman–Crippen LogP) is 3.07. The van der Waals surface area contributed by atoms with Gasteiger partial charge in [-0.15, -0.1) is 0 Å². The molecular formula is C17H28N2. The Morgan fingerprint density at radius 2 is 1.89 bits per heavy atom. The van der Waals surface area contributed by atoms with E-state index in [0.717, 1.165) is 25.4 Å². The van der Waals surface area contributed by atoms with Crippen LogP contribution < -0.4 is 5.32 Å². The zero-order valence-electron chi connectivity index (χ0n) is 12.7. The summed E-state index contributed by atoms with van der Waals surface area (Å²) in [5.74, 6) is 0.972. The van der Waals surface area contributed by atoms with Gasteiger partial charge in [0.15, 0.2) is 0 Å². The van der Waals surface area contributed by atoms with Crippen LogP contribution in [0.5, 0.6) is 0 Å². The van der Waals surface area contributed by atoms with E-state index in [1.807, 2.05) is 0 Å². The van der Waals surface area contributed by atoms with Gasteiger partial charge in [0.1, 0.15) is 0 Å². The van der Waals surface area contributed by atoms with Crippen LogP contribution >= 0.6 is 0 Å². The Morgan fingerprint density at radius 1 is 1.21 bits per heavy atom. The molecule has 1 aliphatic rings. The molecule has 1 aliphatic carbocycles. The van der Waals surface area contributed by atoms with Gasteiger partial charge in [0, 0.05) is 19.1 Å². The van der Waals surface area contributed by atoms with E-state index in [2.05, 4.69) is 55.4 Å². The second-order valence-corrected chi connectivity index (χ2v) is 6.27. The van der Waals surface area contributed by atoms with Crippen molar-refractivity contribution in [3.63, 3.8) is 0 Å². The quantitative estimate of drug-likeness (QED) is 0.773. The van der Waals surface area contributed by atoms with E-state index in [0.29, 0.717) is 6.04 Å². The molecule has 2 nitrogen and oxygen atoms in total. The maximum atomic E-state index is 3.50. The van der Waals surface area contributed by atoms with Gasteiger partial charge >= 0.3 is 0 Å². The Balaban J connectivity index is 1.87. The first kappa shape index (κ1) is 14.5. The number of hydrogen-bond donors (Lipinski definition) is 1. The Morgan fingerprint density at radius 3 is 2.53 bits per heavy atom. The fraction of sp³-hybridized carbons (Fsp3) is 0.647. The van der Waals surface area contributed by atoms with Crippen LogP contribution in [-0.4, -0.2) is 31.1 Å². The van der Waals surface area contributed by atoms with E-state index in [-0.39, 0.29) is 0 Å². The van der Waals surface area contributed by atoms with Gasteiger partial charge in [-0.2, -0.15) is 0 Å². The molecule has 2 heteroatoms. The van der Waals surface area contributed by atoms with E-state index in [1.54, 1.807) is 0 Å². The van der Waals surface area contributed by atoms with Crippen molar-refractivity contribution < 1.29 is 0 Å². The number of benzene rings is 1. The number of nitrogens with one attached hydrogen (secondary N) is 1. The van der Waals surface area contributed by atoms with Crippen LogP contribution in [0, 0.1) is 5.92 Å². The van der Waals surface area contributed by atoms with Gasteiger partial charge in [-0.1, -0.05) is 38.1 Å². The van der Waals surface area contributed by atoms with Crippen molar-refractivity contribution in [3.05, 3.63) is 35.4 Å². The number of rotatable bonds is 8. The minimum absolute atomic E-state index is 0.574. The highest BCUT2D eigenvalue weighted by Gasteiger charge is 2.22. The number of hydrogen-bond acceptors (Lipinski definition) is 2. The SMILES string of the molecule is CC(C)NCCc1ccccc1CN(C)CC1CC1. The first-order chi connectivity index (χ1) is 9.15. The normalized spacial score (nSPS) is 15.4. The summed E-state index contributed by atoms with van der Waals surface area (Å²) in [5, 5.41) is 3.50. The van der Waals surface area contributed by atoms with Crippen molar-refractivity contribution in [2.24, 2.45) is 5.92 Å². The lowest BCUT2D eigenvalue weighted by Crippen LogP contribution is -2.26. The highest BCUT2D eigenvalue weighted by molar-refractivity contribution is 5.27. The topological polar surface area (TPSA) is 15.3 Å². The molecule has 1 aromatic carbocycles. The fourth-order valence-electron chi connectivity index (χ4n) is 2.55. The summed E-state index contributed by atoms with van der Waals surface area (Å²) in [7, 11) is 2.25. The van der Waals surface area contributed by atoms with Crippen molar-refractivity contribution >= 4 is 0 Å². The molecule has 0 aromatic heterocycles. The molecular weight excluding hydrogens is 232 g/mol. The monoisotopic (exact) mass is 260 g/mol. The van der Waals surface area contributed by atoms with Crippen molar-refractivity contribution in [2.45, 2.75) is 45.7 Å². The third-order valence-electron chi connectivity index (χ3n) is 3.77. The maximum Gasteiger partial charge on any atom is 0.0233 e.